The number of halogens is 1. The van der Waals surface area contributed by atoms with Crippen molar-refractivity contribution in [3.8, 4) is 0 Å². The molecule has 4 aliphatic rings. The van der Waals surface area contributed by atoms with Crippen LogP contribution in [0.2, 0.25) is 5.02 Å². The fraction of sp³-hybridized carbons (Fsp3) is 0.757. The number of allylic oxidation sites excluding steroid dienone is 2. The molecule has 9 atom stereocenters. The van der Waals surface area contributed by atoms with E-state index in [-0.39, 0.29) is 28.8 Å². The zero-order chi connectivity index (χ0) is 31.6. The molecule has 3 fully saturated rings. The minimum Gasteiger partial charge on any atom is -0.456 e. The monoisotopic (exact) mass is 614 g/mol. The van der Waals surface area contributed by atoms with Gasteiger partial charge in [-0.3, -0.25) is 0 Å². The van der Waals surface area contributed by atoms with Crippen molar-refractivity contribution in [1.82, 2.24) is 0 Å². The Morgan fingerprint density at radius 3 is 2.23 bits per heavy atom. The first-order valence-corrected chi connectivity index (χ1v) is 17.0. The summed E-state index contributed by atoms with van der Waals surface area (Å²) in [7, 11) is 0. The minimum absolute atomic E-state index is 0.0277. The molecule has 0 radical (unpaired) electrons. The van der Waals surface area contributed by atoms with Crippen LogP contribution in [0, 0.1) is 34.5 Å². The van der Waals surface area contributed by atoms with Crippen molar-refractivity contribution in [3.05, 3.63) is 46.5 Å². The predicted octanol–water partition coefficient (Wildman–Crippen LogP) is 8.54. The van der Waals surface area contributed by atoms with E-state index in [1.807, 2.05) is 27.7 Å². The summed E-state index contributed by atoms with van der Waals surface area (Å²) < 4.78 is 13.0. The number of hydrogen-bond donors (Lipinski definition) is 2. The number of fused-ring (bicyclic) bond motifs is 2. The van der Waals surface area contributed by atoms with Crippen molar-refractivity contribution < 1.29 is 24.5 Å². The van der Waals surface area contributed by atoms with Gasteiger partial charge in [-0.2, -0.15) is 0 Å². The summed E-state index contributed by atoms with van der Waals surface area (Å²) >= 11 is 6.03. The van der Waals surface area contributed by atoms with E-state index < -0.39 is 22.9 Å². The Balaban J connectivity index is 1.36. The van der Waals surface area contributed by atoms with Crippen molar-refractivity contribution in [2.24, 2.45) is 34.5 Å². The van der Waals surface area contributed by atoms with E-state index in [0.717, 1.165) is 44.9 Å². The highest BCUT2D eigenvalue weighted by atomic mass is 35.5. The van der Waals surface area contributed by atoms with E-state index in [9.17, 15) is 15.0 Å². The van der Waals surface area contributed by atoms with Crippen LogP contribution >= 0.6 is 11.6 Å². The largest absolute Gasteiger partial charge is 0.456 e. The molecule has 1 saturated heterocycles. The molecule has 5 rings (SSSR count). The van der Waals surface area contributed by atoms with Gasteiger partial charge in [0.15, 0.2) is 0 Å². The van der Waals surface area contributed by atoms with Gasteiger partial charge in [-0.1, -0.05) is 44.0 Å². The maximum atomic E-state index is 13.1. The van der Waals surface area contributed by atoms with Gasteiger partial charge in [-0.15, -0.1) is 0 Å². The Bertz CT molecular complexity index is 1210. The quantitative estimate of drug-likeness (QED) is 0.257. The van der Waals surface area contributed by atoms with E-state index in [4.69, 9.17) is 21.1 Å². The van der Waals surface area contributed by atoms with Crippen LogP contribution in [-0.4, -0.2) is 45.2 Å². The number of carbonyl (C=O) groups is 1. The average molecular weight is 615 g/mol. The van der Waals surface area contributed by atoms with Gasteiger partial charge in [0.1, 0.15) is 6.10 Å². The van der Waals surface area contributed by atoms with Crippen molar-refractivity contribution >= 4 is 17.6 Å². The van der Waals surface area contributed by atoms with E-state index in [2.05, 4.69) is 33.8 Å². The highest BCUT2D eigenvalue weighted by Crippen LogP contribution is 2.59. The highest BCUT2D eigenvalue weighted by Gasteiger charge is 2.58. The third-order valence-corrected chi connectivity index (χ3v) is 13.0. The zero-order valence-electron chi connectivity index (χ0n) is 27.7. The van der Waals surface area contributed by atoms with Gasteiger partial charge >= 0.3 is 5.97 Å². The number of rotatable bonds is 5. The first-order valence-electron chi connectivity index (χ1n) is 16.6. The van der Waals surface area contributed by atoms with Crippen LogP contribution in [0.3, 0.4) is 0 Å². The van der Waals surface area contributed by atoms with Gasteiger partial charge in [-0.05, 0) is 151 Å². The molecule has 2 saturated carbocycles. The maximum absolute atomic E-state index is 13.1. The van der Waals surface area contributed by atoms with E-state index >= 15 is 0 Å². The second kappa shape index (κ2) is 11.4. The van der Waals surface area contributed by atoms with Gasteiger partial charge in [0.2, 0.25) is 0 Å². The third-order valence-electron chi connectivity index (χ3n) is 12.8. The van der Waals surface area contributed by atoms with Gasteiger partial charge in [0.25, 0.3) is 0 Å². The van der Waals surface area contributed by atoms with Crippen LogP contribution in [0.25, 0.3) is 0 Å². The van der Waals surface area contributed by atoms with Crippen LogP contribution < -0.4 is 0 Å². The van der Waals surface area contributed by atoms with Crippen molar-refractivity contribution in [2.75, 3.05) is 0 Å². The van der Waals surface area contributed by atoms with Crippen molar-refractivity contribution in [2.45, 2.75) is 142 Å². The number of aliphatic hydroxyl groups is 2. The molecule has 1 aromatic rings. The fourth-order valence-electron chi connectivity index (χ4n) is 10.1. The minimum atomic E-state index is -0.801. The van der Waals surface area contributed by atoms with E-state index in [1.54, 1.807) is 24.3 Å². The number of ether oxygens (including phenoxy) is 2. The lowest BCUT2D eigenvalue weighted by Crippen LogP contribution is -2.56. The molecule has 0 unspecified atom stereocenters. The van der Waals surface area contributed by atoms with Crippen LogP contribution in [0.1, 0.15) is 124 Å². The van der Waals surface area contributed by atoms with Crippen molar-refractivity contribution in [3.63, 3.8) is 0 Å². The van der Waals surface area contributed by atoms with Gasteiger partial charge in [0.05, 0.1) is 28.5 Å². The van der Waals surface area contributed by atoms with Crippen molar-refractivity contribution in [1.29, 1.82) is 0 Å². The number of esters is 1. The SMILES string of the molecule is CC1=CC[C@H]2[C@H](CC[C@]2(C)O)C(C)(C)[C@@H]1CC[C@H]1[C@]2(C)CC[C@H](OC(=O)c3ccc(Cl)cc3)C(C)(C)O[C@H]2CC[C@@]1(C)O. The first kappa shape index (κ1) is 33.0. The third kappa shape index (κ3) is 6.10. The second-order valence-electron chi connectivity index (χ2n) is 16.3. The molecule has 240 valence electrons. The molecule has 0 aromatic heterocycles. The number of hydrogen-bond acceptors (Lipinski definition) is 5. The Morgan fingerprint density at radius 1 is 0.907 bits per heavy atom. The molecule has 0 amide bonds. The molecule has 2 N–H and O–H groups in total. The average Bonchev–Trinajstić information content (AvgIpc) is 3.12. The molecule has 1 aliphatic heterocycles. The molecule has 6 heteroatoms. The first-order chi connectivity index (χ1) is 19.9. The molecule has 0 bridgehead atoms. The second-order valence-corrected chi connectivity index (χ2v) is 16.8. The topological polar surface area (TPSA) is 76.0 Å². The zero-order valence-corrected chi connectivity index (χ0v) is 28.5. The molecule has 1 aromatic carbocycles. The standard InChI is InChI=1S/C37H55ClO5/c1-23-9-14-28-27(17-21-36(28,7)40)33(2,3)26(23)15-16-29-35(6)20-18-30(42-32(39)24-10-12-25(38)13-11-24)34(4,5)43-31(35)19-22-37(29,8)41/h9-13,26-31,40-41H,14-22H2,1-8H3/t26-,27+,28+,29+,30+,31+,35+,36+,37-/m1/s1. The summed E-state index contributed by atoms with van der Waals surface area (Å²) in [5.41, 5.74) is -0.341. The molecular weight excluding hydrogens is 560 g/mol. The molecular formula is C37H55ClO5. The summed E-state index contributed by atoms with van der Waals surface area (Å²) in [4.78, 5) is 13.1. The molecule has 5 nitrogen and oxygen atoms in total. The predicted molar refractivity (Wildman–Crippen MR) is 172 cm³/mol. The molecule has 3 aliphatic carbocycles. The number of benzene rings is 1. The molecule has 1 heterocycles. The van der Waals surface area contributed by atoms with Gasteiger partial charge in [0, 0.05) is 5.02 Å². The summed E-state index contributed by atoms with van der Waals surface area (Å²) in [5.74, 6) is 0.864. The maximum Gasteiger partial charge on any atom is 0.338 e. The Morgan fingerprint density at radius 2 is 1.56 bits per heavy atom. The van der Waals surface area contributed by atoms with Crippen LogP contribution in [0.5, 0.6) is 0 Å². The molecule has 43 heavy (non-hydrogen) atoms. The summed E-state index contributed by atoms with van der Waals surface area (Å²) in [6, 6.07) is 6.81. The van der Waals surface area contributed by atoms with Crippen LogP contribution in [0.15, 0.2) is 35.9 Å². The summed E-state index contributed by atoms with van der Waals surface area (Å²) in [6.45, 7) is 17.6. The van der Waals surface area contributed by atoms with E-state index in [1.165, 1.54) is 5.57 Å². The summed E-state index contributed by atoms with van der Waals surface area (Å²) in [6.07, 6.45) is 9.75. The van der Waals surface area contributed by atoms with E-state index in [0.29, 0.717) is 41.2 Å². The normalized spacial score (nSPS) is 42.2. The summed E-state index contributed by atoms with van der Waals surface area (Å²) in [5, 5.41) is 23.7. The number of carbonyl (C=O) groups excluding carboxylic acids is 1. The Kier molecular flexibility index (Phi) is 8.77. The highest BCUT2D eigenvalue weighted by molar-refractivity contribution is 6.30. The van der Waals surface area contributed by atoms with Crippen LogP contribution in [-0.2, 0) is 9.47 Å². The lowest BCUT2D eigenvalue weighted by Gasteiger charge is -2.54. The lowest BCUT2D eigenvalue weighted by molar-refractivity contribution is -0.206. The smallest absolute Gasteiger partial charge is 0.338 e. The molecule has 0 spiro atoms. The van der Waals surface area contributed by atoms with Gasteiger partial charge < -0.3 is 19.7 Å². The Labute approximate surface area is 264 Å². The lowest BCUT2D eigenvalue weighted by atomic mass is 9.55. The Hall–Kier alpha value is -1.40. The van der Waals surface area contributed by atoms with Gasteiger partial charge in [-0.25, -0.2) is 4.79 Å². The fourth-order valence-corrected chi connectivity index (χ4v) is 10.2. The van der Waals surface area contributed by atoms with Crippen LogP contribution in [0.4, 0.5) is 0 Å².